The van der Waals surface area contributed by atoms with Gasteiger partial charge in [0, 0.05) is 11.9 Å². The van der Waals surface area contributed by atoms with Crippen molar-refractivity contribution in [2.24, 2.45) is 5.73 Å². The van der Waals surface area contributed by atoms with Gasteiger partial charge in [0.25, 0.3) is 0 Å². The maximum atomic E-state index is 13.7. The number of aromatic nitrogens is 1. The van der Waals surface area contributed by atoms with Gasteiger partial charge in [-0.15, -0.1) is 11.3 Å². The summed E-state index contributed by atoms with van der Waals surface area (Å²) in [7, 11) is 0. The van der Waals surface area contributed by atoms with Gasteiger partial charge in [-0.05, 0) is 37.0 Å². The number of nitrogens with zero attached hydrogens (tertiary/aromatic N) is 1. The second-order valence-corrected chi connectivity index (χ2v) is 5.05. The molecule has 0 amide bonds. The third-order valence-corrected chi connectivity index (χ3v) is 3.49. The Hall–Kier alpha value is -1.26. The van der Waals surface area contributed by atoms with E-state index in [0.717, 1.165) is 28.2 Å². The second-order valence-electron chi connectivity index (χ2n) is 3.99. The summed E-state index contributed by atoms with van der Waals surface area (Å²) in [6.45, 7) is 2.35. The van der Waals surface area contributed by atoms with Crippen LogP contribution in [0.3, 0.4) is 0 Å². The summed E-state index contributed by atoms with van der Waals surface area (Å²) in [5.74, 6) is -0.167. The van der Waals surface area contributed by atoms with Gasteiger partial charge >= 0.3 is 0 Å². The minimum atomic E-state index is -0.167. The molecule has 4 heteroatoms. The van der Waals surface area contributed by atoms with E-state index in [1.807, 2.05) is 24.4 Å². The highest BCUT2D eigenvalue weighted by molar-refractivity contribution is 7.09. The first-order valence-electron chi connectivity index (χ1n) is 5.57. The zero-order valence-electron chi connectivity index (χ0n) is 9.74. The average molecular weight is 250 g/mol. The average Bonchev–Trinajstić information content (AvgIpc) is 2.73. The van der Waals surface area contributed by atoms with Crippen LogP contribution in [-0.4, -0.2) is 4.98 Å². The molecule has 1 aromatic carbocycles. The predicted octanol–water partition coefficient (Wildman–Crippen LogP) is 2.83. The van der Waals surface area contributed by atoms with E-state index in [-0.39, 0.29) is 5.82 Å². The molecule has 0 atom stereocenters. The summed E-state index contributed by atoms with van der Waals surface area (Å²) in [5, 5.41) is 3.08. The van der Waals surface area contributed by atoms with Crippen molar-refractivity contribution in [3.05, 3.63) is 51.2 Å². The van der Waals surface area contributed by atoms with Crippen LogP contribution in [0.1, 0.15) is 21.8 Å². The zero-order valence-corrected chi connectivity index (χ0v) is 10.6. The molecule has 0 aliphatic carbocycles. The SMILES string of the molecule is Cc1nc(CCc2ccc(CN)cc2F)cs1. The Morgan fingerprint density at radius 2 is 2.18 bits per heavy atom. The fourth-order valence-electron chi connectivity index (χ4n) is 1.71. The molecule has 0 aliphatic rings. The van der Waals surface area contributed by atoms with Crippen LogP contribution in [0, 0.1) is 12.7 Å². The van der Waals surface area contributed by atoms with Gasteiger partial charge in [0.2, 0.25) is 0 Å². The number of rotatable bonds is 4. The minimum absolute atomic E-state index is 0.167. The second kappa shape index (κ2) is 5.38. The molecule has 1 aromatic heterocycles. The quantitative estimate of drug-likeness (QED) is 0.906. The maximum absolute atomic E-state index is 13.7. The van der Waals surface area contributed by atoms with Crippen LogP contribution >= 0.6 is 11.3 Å². The van der Waals surface area contributed by atoms with Crippen LogP contribution in [0.25, 0.3) is 0 Å². The Kier molecular flexibility index (Phi) is 3.86. The van der Waals surface area contributed by atoms with E-state index in [2.05, 4.69) is 4.98 Å². The number of nitrogens with two attached hydrogens (primary N) is 1. The van der Waals surface area contributed by atoms with Gasteiger partial charge in [-0.3, -0.25) is 0 Å². The molecular weight excluding hydrogens is 235 g/mol. The van der Waals surface area contributed by atoms with Crippen molar-refractivity contribution in [3.8, 4) is 0 Å². The summed E-state index contributed by atoms with van der Waals surface area (Å²) >= 11 is 1.63. The van der Waals surface area contributed by atoms with Crippen LogP contribution in [-0.2, 0) is 19.4 Å². The van der Waals surface area contributed by atoms with Crippen molar-refractivity contribution in [2.45, 2.75) is 26.3 Å². The molecule has 0 spiro atoms. The highest BCUT2D eigenvalue weighted by Gasteiger charge is 2.05. The molecule has 90 valence electrons. The third-order valence-electron chi connectivity index (χ3n) is 2.67. The Morgan fingerprint density at radius 3 is 2.76 bits per heavy atom. The monoisotopic (exact) mass is 250 g/mol. The molecule has 0 bridgehead atoms. The molecule has 1 heterocycles. The lowest BCUT2D eigenvalue weighted by Crippen LogP contribution is -2.00. The van der Waals surface area contributed by atoms with Crippen molar-refractivity contribution in [1.29, 1.82) is 0 Å². The molecule has 0 saturated heterocycles. The van der Waals surface area contributed by atoms with E-state index < -0.39 is 0 Å². The normalized spacial score (nSPS) is 10.8. The number of thiazole rings is 1. The highest BCUT2D eigenvalue weighted by Crippen LogP contribution is 2.15. The van der Waals surface area contributed by atoms with Gasteiger partial charge in [-0.1, -0.05) is 12.1 Å². The standard InChI is InChI=1S/C13H15FN2S/c1-9-16-12(8-17-9)5-4-11-3-2-10(7-15)6-13(11)14/h2-3,6,8H,4-5,7,15H2,1H3. The molecule has 17 heavy (non-hydrogen) atoms. The summed E-state index contributed by atoms with van der Waals surface area (Å²) in [4.78, 5) is 4.37. The van der Waals surface area contributed by atoms with E-state index >= 15 is 0 Å². The molecule has 0 aliphatic heterocycles. The maximum Gasteiger partial charge on any atom is 0.126 e. The molecule has 2 N–H and O–H groups in total. The van der Waals surface area contributed by atoms with Crippen LogP contribution in [0.4, 0.5) is 4.39 Å². The van der Waals surface area contributed by atoms with E-state index in [1.165, 1.54) is 6.07 Å². The van der Waals surface area contributed by atoms with Crippen molar-refractivity contribution in [2.75, 3.05) is 0 Å². The predicted molar refractivity (Wildman–Crippen MR) is 68.6 cm³/mol. The topological polar surface area (TPSA) is 38.9 Å². The smallest absolute Gasteiger partial charge is 0.126 e. The van der Waals surface area contributed by atoms with E-state index in [0.29, 0.717) is 13.0 Å². The van der Waals surface area contributed by atoms with Gasteiger partial charge in [0.15, 0.2) is 0 Å². The lowest BCUT2D eigenvalue weighted by atomic mass is 10.1. The molecule has 2 aromatic rings. The van der Waals surface area contributed by atoms with Crippen LogP contribution in [0.5, 0.6) is 0 Å². The largest absolute Gasteiger partial charge is 0.326 e. The molecule has 0 radical (unpaired) electrons. The third kappa shape index (κ3) is 3.11. The highest BCUT2D eigenvalue weighted by atomic mass is 32.1. The number of hydrogen-bond donors (Lipinski definition) is 1. The van der Waals surface area contributed by atoms with Crippen LogP contribution in [0.15, 0.2) is 23.6 Å². The molecule has 2 rings (SSSR count). The van der Waals surface area contributed by atoms with E-state index in [1.54, 1.807) is 11.3 Å². The molecular formula is C13H15FN2S. The number of benzene rings is 1. The minimum Gasteiger partial charge on any atom is -0.326 e. The number of halogens is 1. The first-order valence-corrected chi connectivity index (χ1v) is 6.45. The summed E-state index contributed by atoms with van der Waals surface area (Å²) in [6.07, 6.45) is 1.46. The van der Waals surface area contributed by atoms with Crippen molar-refractivity contribution in [1.82, 2.24) is 4.98 Å². The summed E-state index contributed by atoms with van der Waals surface area (Å²) in [5.41, 5.74) is 8.06. The van der Waals surface area contributed by atoms with Crippen LogP contribution < -0.4 is 5.73 Å². The Morgan fingerprint density at radius 1 is 1.35 bits per heavy atom. The summed E-state index contributed by atoms with van der Waals surface area (Å²) < 4.78 is 13.7. The van der Waals surface area contributed by atoms with Crippen molar-refractivity contribution < 1.29 is 4.39 Å². The van der Waals surface area contributed by atoms with Crippen molar-refractivity contribution >= 4 is 11.3 Å². The van der Waals surface area contributed by atoms with Gasteiger partial charge in [0.1, 0.15) is 5.82 Å². The fourth-order valence-corrected chi connectivity index (χ4v) is 2.35. The van der Waals surface area contributed by atoms with E-state index in [9.17, 15) is 4.39 Å². The first-order chi connectivity index (χ1) is 8.19. The number of hydrogen-bond acceptors (Lipinski definition) is 3. The lowest BCUT2D eigenvalue weighted by Gasteiger charge is -2.04. The zero-order chi connectivity index (χ0) is 12.3. The van der Waals surface area contributed by atoms with E-state index in [4.69, 9.17) is 5.73 Å². The van der Waals surface area contributed by atoms with Gasteiger partial charge < -0.3 is 5.73 Å². The van der Waals surface area contributed by atoms with Gasteiger partial charge in [-0.25, -0.2) is 9.37 Å². The summed E-state index contributed by atoms with van der Waals surface area (Å²) in [6, 6.07) is 5.21. The Bertz CT molecular complexity index is 508. The Labute approximate surface area is 104 Å². The molecule has 0 fully saturated rings. The number of aryl methyl sites for hydroxylation is 3. The fraction of sp³-hybridized carbons (Fsp3) is 0.308. The Balaban J connectivity index is 2.04. The first kappa shape index (κ1) is 12.2. The van der Waals surface area contributed by atoms with Crippen LogP contribution in [0.2, 0.25) is 0 Å². The van der Waals surface area contributed by atoms with Crippen molar-refractivity contribution in [3.63, 3.8) is 0 Å². The molecule has 0 saturated carbocycles. The lowest BCUT2D eigenvalue weighted by molar-refractivity contribution is 0.606. The van der Waals surface area contributed by atoms with Gasteiger partial charge in [-0.2, -0.15) is 0 Å². The molecule has 0 unspecified atom stereocenters. The molecule has 2 nitrogen and oxygen atoms in total. The van der Waals surface area contributed by atoms with Gasteiger partial charge in [0.05, 0.1) is 10.7 Å².